The van der Waals surface area contributed by atoms with Gasteiger partial charge in [-0.3, -0.25) is 4.79 Å². The summed E-state index contributed by atoms with van der Waals surface area (Å²) in [5, 5.41) is 9.75. The summed E-state index contributed by atoms with van der Waals surface area (Å²) in [5.41, 5.74) is 7.43. The number of H-pyrrole nitrogens is 1. The fourth-order valence-electron chi connectivity index (χ4n) is 1.62. The van der Waals surface area contributed by atoms with Crippen molar-refractivity contribution in [1.82, 2.24) is 4.98 Å². The molecule has 0 amide bonds. The number of alkyl halides is 1. The molecule has 0 spiro atoms. The molecule has 2 aromatic rings. The SMILES string of the molecule is CCCCl.NC(Cc1c[nH]c2ccccc12)C(=O)O. The number of aliphatic carboxylic acids is 1. The quantitative estimate of drug-likeness (QED) is 0.755. The minimum atomic E-state index is -0.972. The van der Waals surface area contributed by atoms with Crippen LogP contribution in [-0.2, 0) is 11.2 Å². The van der Waals surface area contributed by atoms with Gasteiger partial charge in [-0.2, -0.15) is 0 Å². The number of rotatable bonds is 4. The van der Waals surface area contributed by atoms with Gasteiger partial charge in [0.2, 0.25) is 0 Å². The number of para-hydroxylation sites is 1. The number of hydrogen-bond donors (Lipinski definition) is 3. The van der Waals surface area contributed by atoms with Crippen LogP contribution in [0.3, 0.4) is 0 Å². The Balaban J connectivity index is 0.000000399. The molecule has 4 N–H and O–H groups in total. The molecule has 1 aromatic heterocycles. The average molecular weight is 283 g/mol. The lowest BCUT2D eigenvalue weighted by Gasteiger charge is -2.04. The predicted octanol–water partition coefficient (Wildman–Crippen LogP) is 2.76. The number of carboxylic acid groups (broad SMARTS) is 1. The Kier molecular flexibility index (Phi) is 6.39. The summed E-state index contributed by atoms with van der Waals surface area (Å²) in [5.74, 6) is -0.180. The molecule has 1 atom stereocenters. The van der Waals surface area contributed by atoms with Crippen LogP contribution in [0.5, 0.6) is 0 Å². The average Bonchev–Trinajstić information content (AvgIpc) is 2.82. The molecular formula is C14H19ClN2O2. The van der Waals surface area contributed by atoms with Gasteiger partial charge >= 0.3 is 5.97 Å². The zero-order valence-corrected chi connectivity index (χ0v) is 11.7. The van der Waals surface area contributed by atoms with Gasteiger partial charge in [0.05, 0.1) is 0 Å². The Morgan fingerprint density at radius 2 is 2.11 bits per heavy atom. The van der Waals surface area contributed by atoms with Crippen molar-refractivity contribution in [3.8, 4) is 0 Å². The number of aromatic amines is 1. The first-order chi connectivity index (χ1) is 9.10. The van der Waals surface area contributed by atoms with Crippen LogP contribution in [0, 0.1) is 0 Å². The molecule has 0 aliphatic heterocycles. The lowest BCUT2D eigenvalue weighted by molar-refractivity contribution is -0.138. The van der Waals surface area contributed by atoms with Crippen LogP contribution >= 0.6 is 11.6 Å². The number of fused-ring (bicyclic) bond motifs is 1. The van der Waals surface area contributed by atoms with Crippen LogP contribution in [0.2, 0.25) is 0 Å². The maximum Gasteiger partial charge on any atom is 0.320 e. The van der Waals surface area contributed by atoms with Crippen LogP contribution in [-0.4, -0.2) is 28.0 Å². The van der Waals surface area contributed by atoms with E-state index < -0.39 is 12.0 Å². The molecule has 1 heterocycles. The molecular weight excluding hydrogens is 264 g/mol. The fraction of sp³-hybridized carbons (Fsp3) is 0.357. The van der Waals surface area contributed by atoms with Gasteiger partial charge < -0.3 is 15.8 Å². The summed E-state index contributed by atoms with van der Waals surface area (Å²) in [4.78, 5) is 13.7. The molecule has 1 aromatic carbocycles. The third-order valence-electron chi connectivity index (χ3n) is 2.62. The van der Waals surface area contributed by atoms with Crippen LogP contribution in [0.4, 0.5) is 0 Å². The molecule has 0 aliphatic carbocycles. The number of halogens is 1. The van der Waals surface area contributed by atoms with Crippen LogP contribution < -0.4 is 5.73 Å². The summed E-state index contributed by atoms with van der Waals surface area (Å²) in [6, 6.07) is 6.91. The first-order valence-electron chi connectivity index (χ1n) is 6.19. The Labute approximate surface area is 117 Å². The van der Waals surface area contributed by atoms with Gasteiger partial charge in [0.1, 0.15) is 6.04 Å². The van der Waals surface area contributed by atoms with E-state index in [0.29, 0.717) is 6.42 Å². The predicted molar refractivity (Wildman–Crippen MR) is 78.6 cm³/mol. The lowest BCUT2D eigenvalue weighted by Crippen LogP contribution is -2.32. The minimum absolute atomic E-state index is 0.347. The second-order valence-corrected chi connectivity index (χ2v) is 4.58. The number of carboxylic acids is 1. The second-order valence-electron chi connectivity index (χ2n) is 4.20. The van der Waals surface area contributed by atoms with E-state index in [1.807, 2.05) is 37.4 Å². The molecule has 5 heteroatoms. The van der Waals surface area contributed by atoms with E-state index in [0.717, 1.165) is 28.8 Å². The summed E-state index contributed by atoms with van der Waals surface area (Å²) in [6.07, 6.45) is 3.24. The topological polar surface area (TPSA) is 79.1 Å². The van der Waals surface area contributed by atoms with Crippen molar-refractivity contribution in [2.45, 2.75) is 25.8 Å². The van der Waals surface area contributed by atoms with E-state index >= 15 is 0 Å². The largest absolute Gasteiger partial charge is 0.480 e. The highest BCUT2D eigenvalue weighted by Crippen LogP contribution is 2.18. The molecule has 19 heavy (non-hydrogen) atoms. The maximum absolute atomic E-state index is 10.6. The van der Waals surface area contributed by atoms with Crippen molar-refractivity contribution in [2.24, 2.45) is 5.73 Å². The molecule has 0 saturated carbocycles. The van der Waals surface area contributed by atoms with Gasteiger partial charge in [0, 0.05) is 29.4 Å². The number of hydrogen-bond acceptors (Lipinski definition) is 2. The summed E-state index contributed by atoms with van der Waals surface area (Å²) in [6.45, 7) is 2.05. The van der Waals surface area contributed by atoms with Crippen molar-refractivity contribution >= 4 is 28.5 Å². The van der Waals surface area contributed by atoms with E-state index in [1.54, 1.807) is 0 Å². The van der Waals surface area contributed by atoms with Crippen LogP contribution in [0.15, 0.2) is 30.5 Å². The van der Waals surface area contributed by atoms with Crippen LogP contribution in [0.1, 0.15) is 18.9 Å². The standard InChI is InChI=1S/C11H12N2O2.C3H7Cl/c12-9(11(14)15)5-7-6-13-10-4-2-1-3-8(7)10;1-2-3-4/h1-4,6,9,13H,5,12H2,(H,14,15);2-3H2,1H3. The van der Waals surface area contributed by atoms with E-state index in [2.05, 4.69) is 4.98 Å². The molecule has 0 aliphatic rings. The third-order valence-corrected chi connectivity index (χ3v) is 3.00. The highest BCUT2D eigenvalue weighted by molar-refractivity contribution is 6.17. The molecule has 0 radical (unpaired) electrons. The maximum atomic E-state index is 10.6. The molecule has 0 fully saturated rings. The summed E-state index contributed by atoms with van der Waals surface area (Å²) in [7, 11) is 0. The first-order valence-corrected chi connectivity index (χ1v) is 6.73. The minimum Gasteiger partial charge on any atom is -0.480 e. The van der Waals surface area contributed by atoms with Crippen molar-refractivity contribution in [2.75, 3.05) is 5.88 Å². The van der Waals surface area contributed by atoms with Crippen molar-refractivity contribution in [1.29, 1.82) is 0 Å². The van der Waals surface area contributed by atoms with E-state index in [-0.39, 0.29) is 0 Å². The Morgan fingerprint density at radius 3 is 2.68 bits per heavy atom. The number of benzene rings is 1. The van der Waals surface area contributed by atoms with Crippen molar-refractivity contribution in [3.63, 3.8) is 0 Å². The Bertz CT molecular complexity index is 523. The van der Waals surface area contributed by atoms with E-state index in [1.165, 1.54) is 0 Å². The van der Waals surface area contributed by atoms with Gasteiger partial charge in [-0.15, -0.1) is 11.6 Å². The van der Waals surface area contributed by atoms with Gasteiger partial charge in [0.15, 0.2) is 0 Å². The molecule has 1 unspecified atom stereocenters. The molecule has 4 nitrogen and oxygen atoms in total. The van der Waals surface area contributed by atoms with E-state index in [9.17, 15) is 4.79 Å². The highest BCUT2D eigenvalue weighted by Gasteiger charge is 2.14. The van der Waals surface area contributed by atoms with Crippen molar-refractivity contribution in [3.05, 3.63) is 36.0 Å². The monoisotopic (exact) mass is 282 g/mol. The molecule has 2 rings (SSSR count). The van der Waals surface area contributed by atoms with Crippen molar-refractivity contribution < 1.29 is 9.90 Å². The molecule has 104 valence electrons. The third kappa shape index (κ3) is 4.58. The first kappa shape index (κ1) is 15.5. The number of nitrogens with one attached hydrogen (secondary N) is 1. The second kappa shape index (κ2) is 7.81. The summed E-state index contributed by atoms with van der Waals surface area (Å²) < 4.78 is 0. The van der Waals surface area contributed by atoms with E-state index in [4.69, 9.17) is 22.4 Å². The molecule has 0 bridgehead atoms. The molecule has 0 saturated heterocycles. The highest BCUT2D eigenvalue weighted by atomic mass is 35.5. The smallest absolute Gasteiger partial charge is 0.320 e. The Morgan fingerprint density at radius 1 is 1.47 bits per heavy atom. The number of aromatic nitrogens is 1. The van der Waals surface area contributed by atoms with Gasteiger partial charge in [0.25, 0.3) is 0 Å². The van der Waals surface area contributed by atoms with Gasteiger partial charge in [-0.25, -0.2) is 0 Å². The number of nitrogens with two attached hydrogens (primary N) is 1. The lowest BCUT2D eigenvalue weighted by atomic mass is 10.1. The van der Waals surface area contributed by atoms with Gasteiger partial charge in [-0.1, -0.05) is 25.1 Å². The zero-order valence-electron chi connectivity index (χ0n) is 10.9. The fourth-order valence-corrected chi connectivity index (χ4v) is 1.62. The van der Waals surface area contributed by atoms with Crippen LogP contribution in [0.25, 0.3) is 10.9 Å². The summed E-state index contributed by atoms with van der Waals surface area (Å²) >= 11 is 5.19. The zero-order chi connectivity index (χ0) is 14.3. The Hall–Kier alpha value is -1.52. The number of carbonyl (C=O) groups is 1. The van der Waals surface area contributed by atoms with Gasteiger partial charge in [-0.05, 0) is 18.1 Å². The normalized spacial score (nSPS) is 11.7.